The largest absolute Gasteiger partial charge is 0.481 e. The Balaban J connectivity index is 3.60. The first kappa shape index (κ1) is 8.61. The zero-order valence-corrected chi connectivity index (χ0v) is 5.03. The van der Waals surface area contributed by atoms with E-state index in [-0.39, 0.29) is 0 Å². The van der Waals surface area contributed by atoms with Crippen molar-refractivity contribution in [2.75, 3.05) is 0 Å². The Hall–Kier alpha value is -1.39. The molecule has 0 aromatic rings. The van der Waals surface area contributed by atoms with E-state index < -0.39 is 30.6 Å². The predicted octanol–water partition coefficient (Wildman–Crippen LogP) is -0.495. The summed E-state index contributed by atoms with van der Waals surface area (Å²) < 4.78 is 0. The molecule has 0 amide bonds. The summed E-state index contributed by atoms with van der Waals surface area (Å²) in [5.74, 6) is -3.82. The van der Waals surface area contributed by atoms with Crippen LogP contribution in [0.25, 0.3) is 0 Å². The van der Waals surface area contributed by atoms with Gasteiger partial charge in [-0.05, 0) is 0 Å². The van der Waals surface area contributed by atoms with Crippen LogP contribution in [0, 0.1) is 0 Å². The maximum absolute atomic E-state index is 10.2. The number of Topliss-reactive ketones (excluding diaryl/α,β-unsaturated/α-hetero) is 1. The molecule has 0 aliphatic rings. The highest BCUT2D eigenvalue weighted by Crippen LogP contribution is 1.89. The summed E-state index contributed by atoms with van der Waals surface area (Å²) in [6, 6.07) is 0. The average Bonchev–Trinajstić information content (AvgIpc) is 1.82. The molecule has 0 spiro atoms. The summed E-state index contributed by atoms with van der Waals surface area (Å²) in [6.07, 6.45) is -0.865. The van der Waals surface area contributed by atoms with Crippen LogP contribution in [0.3, 0.4) is 0 Å². The number of carbonyl (C=O) groups excluding carboxylic acids is 1. The number of carbonyl (C=O) groups is 3. The van der Waals surface area contributed by atoms with Crippen LogP contribution in [0.1, 0.15) is 12.8 Å². The van der Waals surface area contributed by atoms with Crippen LogP contribution in [0.4, 0.5) is 0 Å². The molecule has 0 heterocycles. The van der Waals surface area contributed by atoms with Gasteiger partial charge in [-0.25, -0.2) is 4.79 Å². The van der Waals surface area contributed by atoms with Crippen LogP contribution in [-0.2, 0) is 14.4 Å². The summed E-state index contributed by atoms with van der Waals surface area (Å²) >= 11 is 0. The van der Waals surface area contributed by atoms with Crippen LogP contribution < -0.4 is 0 Å². The molecule has 0 aliphatic carbocycles. The standard InChI is InChI=1S/C5H6O5/c6-3(5(9)10)1-2-4(7)8/h1-2H2,(H,7,8)(H,9,10)/i5+1. The molecule has 0 aromatic heterocycles. The van der Waals surface area contributed by atoms with Gasteiger partial charge in [0.1, 0.15) is 0 Å². The first-order valence-electron chi connectivity index (χ1n) is 2.52. The Morgan fingerprint density at radius 3 is 1.80 bits per heavy atom. The zero-order chi connectivity index (χ0) is 8.15. The molecule has 0 saturated heterocycles. The van der Waals surface area contributed by atoms with E-state index in [2.05, 4.69) is 0 Å². The van der Waals surface area contributed by atoms with E-state index >= 15 is 0 Å². The highest BCUT2D eigenvalue weighted by atomic mass is 16.5. The van der Waals surface area contributed by atoms with Gasteiger partial charge in [0.05, 0.1) is 6.42 Å². The van der Waals surface area contributed by atoms with Gasteiger partial charge in [0.25, 0.3) is 0 Å². The predicted molar refractivity (Wildman–Crippen MR) is 29.5 cm³/mol. The lowest BCUT2D eigenvalue weighted by Crippen LogP contribution is -2.13. The summed E-state index contributed by atoms with van der Waals surface area (Å²) in [4.78, 5) is 29.7. The van der Waals surface area contributed by atoms with Crippen LogP contribution >= 0.6 is 0 Å². The third-order valence-corrected chi connectivity index (χ3v) is 0.804. The fourth-order valence-electron chi connectivity index (χ4n) is 0.327. The minimum atomic E-state index is -1.58. The number of ketones is 1. The average molecular weight is 147 g/mol. The molecule has 10 heavy (non-hydrogen) atoms. The summed E-state index contributed by atoms with van der Waals surface area (Å²) in [5, 5.41) is 16.0. The first-order chi connectivity index (χ1) is 4.54. The van der Waals surface area contributed by atoms with Crippen LogP contribution in [0.2, 0.25) is 0 Å². The van der Waals surface area contributed by atoms with Crippen LogP contribution in [-0.4, -0.2) is 27.9 Å². The number of carboxylic acid groups (broad SMARTS) is 2. The molecule has 0 rings (SSSR count). The molecule has 0 aliphatic heterocycles. The van der Waals surface area contributed by atoms with Crippen molar-refractivity contribution in [3.8, 4) is 0 Å². The Kier molecular flexibility index (Phi) is 3.10. The van der Waals surface area contributed by atoms with Crippen molar-refractivity contribution in [1.29, 1.82) is 0 Å². The molecule has 0 atom stereocenters. The van der Waals surface area contributed by atoms with Gasteiger partial charge in [-0.2, -0.15) is 0 Å². The summed E-state index contributed by atoms with van der Waals surface area (Å²) in [5.41, 5.74) is 0. The smallest absolute Gasteiger partial charge is 0.372 e. The second-order valence-electron chi connectivity index (χ2n) is 1.62. The molecule has 56 valence electrons. The van der Waals surface area contributed by atoms with Gasteiger partial charge < -0.3 is 10.2 Å². The minimum absolute atomic E-state index is 0.425. The van der Waals surface area contributed by atoms with Gasteiger partial charge in [-0.1, -0.05) is 0 Å². The third kappa shape index (κ3) is 3.59. The molecule has 0 unspecified atom stereocenters. The Bertz CT molecular complexity index is 171. The Labute approximate surface area is 56.3 Å². The van der Waals surface area contributed by atoms with Crippen molar-refractivity contribution in [2.24, 2.45) is 0 Å². The molecular weight excluding hydrogens is 141 g/mol. The zero-order valence-electron chi connectivity index (χ0n) is 5.03. The lowest BCUT2D eigenvalue weighted by Gasteiger charge is -1.88. The third-order valence-electron chi connectivity index (χ3n) is 0.804. The van der Waals surface area contributed by atoms with E-state index in [9.17, 15) is 14.4 Å². The van der Waals surface area contributed by atoms with Crippen molar-refractivity contribution in [3.63, 3.8) is 0 Å². The number of rotatable bonds is 4. The van der Waals surface area contributed by atoms with Crippen molar-refractivity contribution in [3.05, 3.63) is 0 Å². The quantitative estimate of drug-likeness (QED) is 0.413. The maximum atomic E-state index is 10.2. The maximum Gasteiger partial charge on any atom is 0.372 e. The van der Waals surface area contributed by atoms with Gasteiger partial charge in [-0.15, -0.1) is 0 Å². The monoisotopic (exact) mass is 147 g/mol. The van der Waals surface area contributed by atoms with Crippen molar-refractivity contribution < 1.29 is 24.6 Å². The Morgan fingerprint density at radius 2 is 1.50 bits per heavy atom. The van der Waals surface area contributed by atoms with Crippen molar-refractivity contribution >= 4 is 17.7 Å². The molecular formula is C5H6O5. The summed E-state index contributed by atoms with van der Waals surface area (Å²) in [7, 11) is 0. The van der Waals surface area contributed by atoms with E-state index in [1.165, 1.54) is 0 Å². The number of aliphatic carboxylic acids is 2. The molecule has 0 saturated carbocycles. The lowest BCUT2D eigenvalue weighted by molar-refractivity contribution is -0.149. The topological polar surface area (TPSA) is 91.7 Å². The number of carboxylic acids is 2. The van der Waals surface area contributed by atoms with E-state index in [0.29, 0.717) is 0 Å². The van der Waals surface area contributed by atoms with Gasteiger partial charge >= 0.3 is 11.9 Å². The lowest BCUT2D eigenvalue weighted by atomic mass is 10.3. The first-order valence-corrected chi connectivity index (χ1v) is 2.52. The van der Waals surface area contributed by atoms with Crippen LogP contribution in [0.15, 0.2) is 0 Å². The van der Waals surface area contributed by atoms with E-state index in [4.69, 9.17) is 10.2 Å². The normalized spacial score (nSPS) is 8.80. The molecule has 0 aromatic carbocycles. The van der Waals surface area contributed by atoms with Crippen molar-refractivity contribution in [1.82, 2.24) is 0 Å². The van der Waals surface area contributed by atoms with E-state index in [1.807, 2.05) is 0 Å². The molecule has 0 radical (unpaired) electrons. The van der Waals surface area contributed by atoms with Gasteiger partial charge in [0.15, 0.2) is 0 Å². The van der Waals surface area contributed by atoms with Gasteiger partial charge in [0.2, 0.25) is 5.78 Å². The highest BCUT2D eigenvalue weighted by molar-refractivity contribution is 6.32. The van der Waals surface area contributed by atoms with Crippen molar-refractivity contribution in [2.45, 2.75) is 12.8 Å². The Morgan fingerprint density at radius 1 is 1.00 bits per heavy atom. The highest BCUT2D eigenvalue weighted by Gasteiger charge is 2.12. The molecule has 5 nitrogen and oxygen atoms in total. The number of hydrogen-bond donors (Lipinski definition) is 2. The summed E-state index contributed by atoms with van der Waals surface area (Å²) in [6.45, 7) is 0. The minimum Gasteiger partial charge on any atom is -0.481 e. The number of hydrogen-bond acceptors (Lipinski definition) is 3. The molecule has 0 bridgehead atoms. The van der Waals surface area contributed by atoms with E-state index in [0.717, 1.165) is 0 Å². The molecule has 0 fully saturated rings. The second kappa shape index (κ2) is 3.60. The van der Waals surface area contributed by atoms with E-state index in [1.54, 1.807) is 0 Å². The fraction of sp³-hybridized carbons (Fsp3) is 0.400. The second-order valence-corrected chi connectivity index (χ2v) is 1.62. The molecule has 2 N–H and O–H groups in total. The SMILES string of the molecule is O=C(O)CCC(=O)[13C](=O)O. The van der Waals surface area contributed by atoms with Gasteiger partial charge in [0, 0.05) is 6.42 Å². The molecule has 5 heteroatoms. The van der Waals surface area contributed by atoms with Crippen LogP contribution in [0.5, 0.6) is 0 Å². The van der Waals surface area contributed by atoms with Gasteiger partial charge in [-0.3, -0.25) is 9.59 Å². The fourth-order valence-corrected chi connectivity index (χ4v) is 0.327.